The standard InChI is InChI=1S/C35H37N5O3/c1-21-19-26(23-15-17-39(18-16-23)34(41)25-9-10-25)12-13-29(21)37-31-14-11-24-5-3-6-27(33(24)31)30-7-4-8-32(38-30)40-22(2)28(20-36-40)35(42)43/h3-8,12-13,19-20,23,25,31,37H,9-11,14-18H2,1-2H3,(H,42,43)/t31-/m1/s1. The fourth-order valence-electron chi connectivity index (χ4n) is 6.91. The van der Waals surface area contributed by atoms with Gasteiger partial charge in [0, 0.05) is 30.3 Å². The molecule has 7 rings (SSSR count). The molecule has 4 aromatic rings. The van der Waals surface area contributed by atoms with E-state index >= 15 is 0 Å². The molecule has 0 spiro atoms. The molecule has 2 aromatic heterocycles. The molecule has 1 saturated heterocycles. The third-order valence-corrected chi connectivity index (χ3v) is 9.50. The van der Waals surface area contributed by atoms with Gasteiger partial charge < -0.3 is 15.3 Å². The van der Waals surface area contributed by atoms with Gasteiger partial charge in [-0.3, -0.25) is 4.79 Å². The minimum absolute atomic E-state index is 0.155. The van der Waals surface area contributed by atoms with Gasteiger partial charge in [-0.05, 0) is 98.7 Å². The normalized spacial score (nSPS) is 18.5. The van der Waals surface area contributed by atoms with E-state index in [1.165, 1.54) is 28.5 Å². The van der Waals surface area contributed by atoms with Crippen molar-refractivity contribution in [2.75, 3.05) is 18.4 Å². The van der Waals surface area contributed by atoms with Crippen LogP contribution in [0, 0.1) is 19.8 Å². The first-order valence-corrected chi connectivity index (χ1v) is 15.4. The number of fused-ring (bicyclic) bond motifs is 1. The number of hydrogen-bond acceptors (Lipinski definition) is 5. The van der Waals surface area contributed by atoms with Crippen LogP contribution in [0.2, 0.25) is 0 Å². The van der Waals surface area contributed by atoms with Crippen molar-refractivity contribution in [1.82, 2.24) is 19.7 Å². The summed E-state index contributed by atoms with van der Waals surface area (Å²) in [6.07, 6.45) is 7.58. The van der Waals surface area contributed by atoms with E-state index in [2.05, 4.69) is 58.6 Å². The van der Waals surface area contributed by atoms with Crippen molar-refractivity contribution in [2.24, 2.45) is 5.92 Å². The first kappa shape index (κ1) is 27.4. The second-order valence-corrected chi connectivity index (χ2v) is 12.3. The molecule has 8 heteroatoms. The number of amides is 1. The van der Waals surface area contributed by atoms with Crippen LogP contribution in [0.15, 0.2) is 60.8 Å². The van der Waals surface area contributed by atoms with Crippen molar-refractivity contribution < 1.29 is 14.7 Å². The number of aromatic nitrogens is 3. The molecule has 0 unspecified atom stereocenters. The summed E-state index contributed by atoms with van der Waals surface area (Å²) < 4.78 is 1.59. The van der Waals surface area contributed by atoms with Gasteiger partial charge in [0.15, 0.2) is 5.82 Å². The Morgan fingerprint density at radius 2 is 1.74 bits per heavy atom. The number of nitrogens with zero attached hydrogens (tertiary/aromatic N) is 4. The number of anilines is 1. The molecule has 2 fully saturated rings. The Kier molecular flexibility index (Phi) is 7.00. The predicted octanol–water partition coefficient (Wildman–Crippen LogP) is 6.46. The van der Waals surface area contributed by atoms with Crippen LogP contribution in [0.3, 0.4) is 0 Å². The second-order valence-electron chi connectivity index (χ2n) is 12.3. The van der Waals surface area contributed by atoms with E-state index < -0.39 is 5.97 Å². The number of piperidine rings is 1. The molecule has 43 heavy (non-hydrogen) atoms. The quantitative estimate of drug-likeness (QED) is 0.262. The fraction of sp³-hybridized carbons (Fsp3) is 0.371. The maximum absolute atomic E-state index is 12.5. The summed E-state index contributed by atoms with van der Waals surface area (Å²) >= 11 is 0. The summed E-state index contributed by atoms with van der Waals surface area (Å²) in [6, 6.07) is 19.2. The van der Waals surface area contributed by atoms with Crippen molar-refractivity contribution in [1.29, 1.82) is 0 Å². The van der Waals surface area contributed by atoms with E-state index in [9.17, 15) is 14.7 Å². The number of benzene rings is 2. The monoisotopic (exact) mass is 575 g/mol. The summed E-state index contributed by atoms with van der Waals surface area (Å²) in [6.45, 7) is 5.67. The summed E-state index contributed by atoms with van der Waals surface area (Å²) in [5.41, 5.74) is 9.00. The number of rotatable bonds is 7. The number of carbonyl (C=O) groups excluding carboxylic acids is 1. The van der Waals surface area contributed by atoms with E-state index in [0.717, 1.165) is 68.6 Å². The Labute approximate surface area is 251 Å². The van der Waals surface area contributed by atoms with Gasteiger partial charge in [-0.25, -0.2) is 14.5 Å². The summed E-state index contributed by atoms with van der Waals surface area (Å²) in [5.74, 6) is 0.771. The molecule has 0 radical (unpaired) electrons. The van der Waals surface area contributed by atoms with Crippen LogP contribution in [0.1, 0.15) is 82.4 Å². The zero-order valence-corrected chi connectivity index (χ0v) is 24.7. The molecule has 0 bridgehead atoms. The molecule has 1 saturated carbocycles. The van der Waals surface area contributed by atoms with Gasteiger partial charge >= 0.3 is 5.97 Å². The topological polar surface area (TPSA) is 100 Å². The van der Waals surface area contributed by atoms with Crippen molar-refractivity contribution >= 4 is 17.6 Å². The van der Waals surface area contributed by atoms with Gasteiger partial charge in [-0.2, -0.15) is 5.10 Å². The maximum atomic E-state index is 12.5. The van der Waals surface area contributed by atoms with E-state index in [4.69, 9.17) is 4.98 Å². The number of aryl methyl sites for hydroxylation is 2. The molecule has 2 N–H and O–H groups in total. The highest BCUT2D eigenvalue weighted by Gasteiger charge is 2.35. The number of nitrogens with one attached hydrogen (secondary N) is 1. The van der Waals surface area contributed by atoms with Crippen LogP contribution in [-0.2, 0) is 11.2 Å². The summed E-state index contributed by atoms with van der Waals surface area (Å²) in [4.78, 5) is 31.0. The Balaban J connectivity index is 1.11. The van der Waals surface area contributed by atoms with Crippen molar-refractivity contribution in [3.05, 3.63) is 94.3 Å². The Hall–Kier alpha value is -4.46. The molecule has 2 aliphatic carbocycles. The molecule has 3 aliphatic rings. The molecule has 1 atom stereocenters. The second kappa shape index (κ2) is 11.0. The van der Waals surface area contributed by atoms with Crippen molar-refractivity contribution in [3.8, 4) is 17.1 Å². The third-order valence-electron chi connectivity index (χ3n) is 9.50. The molecular weight excluding hydrogens is 538 g/mol. The first-order chi connectivity index (χ1) is 20.9. The number of hydrogen-bond donors (Lipinski definition) is 2. The van der Waals surface area contributed by atoms with Gasteiger partial charge in [0.1, 0.15) is 5.56 Å². The smallest absolute Gasteiger partial charge is 0.339 e. The van der Waals surface area contributed by atoms with Crippen LogP contribution in [-0.4, -0.2) is 49.7 Å². The number of likely N-dealkylation sites (tertiary alicyclic amines) is 1. The lowest BCUT2D eigenvalue weighted by Crippen LogP contribution is -2.38. The molecule has 1 aliphatic heterocycles. The minimum Gasteiger partial charge on any atom is -0.478 e. The molecular formula is C35H37N5O3. The molecule has 2 aromatic carbocycles. The average Bonchev–Trinajstić information content (AvgIpc) is 3.68. The van der Waals surface area contributed by atoms with Gasteiger partial charge in [-0.1, -0.05) is 36.4 Å². The highest BCUT2D eigenvalue weighted by atomic mass is 16.4. The molecule has 220 valence electrons. The Morgan fingerprint density at radius 1 is 0.953 bits per heavy atom. The lowest BCUT2D eigenvalue weighted by molar-refractivity contribution is -0.133. The lowest BCUT2D eigenvalue weighted by atomic mass is 9.88. The summed E-state index contributed by atoms with van der Waals surface area (Å²) in [5, 5.41) is 17.6. The highest BCUT2D eigenvalue weighted by Crippen LogP contribution is 2.41. The van der Waals surface area contributed by atoms with Crippen LogP contribution in [0.4, 0.5) is 5.69 Å². The minimum atomic E-state index is -0.997. The van der Waals surface area contributed by atoms with Crippen LogP contribution in [0.5, 0.6) is 0 Å². The maximum Gasteiger partial charge on any atom is 0.339 e. The first-order valence-electron chi connectivity index (χ1n) is 15.4. The van der Waals surface area contributed by atoms with Gasteiger partial charge in [0.2, 0.25) is 5.91 Å². The van der Waals surface area contributed by atoms with Crippen molar-refractivity contribution in [2.45, 2.75) is 64.3 Å². The largest absolute Gasteiger partial charge is 0.478 e. The van der Waals surface area contributed by atoms with E-state index in [0.29, 0.717) is 29.3 Å². The predicted molar refractivity (Wildman–Crippen MR) is 166 cm³/mol. The number of pyridine rings is 1. The fourth-order valence-corrected chi connectivity index (χ4v) is 6.91. The van der Waals surface area contributed by atoms with E-state index in [-0.39, 0.29) is 11.6 Å². The Morgan fingerprint density at radius 3 is 2.47 bits per heavy atom. The lowest BCUT2D eigenvalue weighted by Gasteiger charge is -2.32. The highest BCUT2D eigenvalue weighted by molar-refractivity contribution is 5.88. The van der Waals surface area contributed by atoms with Crippen LogP contribution < -0.4 is 5.32 Å². The van der Waals surface area contributed by atoms with E-state index in [1.807, 2.05) is 18.2 Å². The van der Waals surface area contributed by atoms with E-state index in [1.54, 1.807) is 11.6 Å². The summed E-state index contributed by atoms with van der Waals surface area (Å²) in [7, 11) is 0. The SMILES string of the molecule is Cc1cc(C2CCN(C(=O)C3CC3)CC2)ccc1N[C@@H]1CCc2cccc(-c3cccc(-n4ncc(C(=O)O)c4C)n3)c21. The third kappa shape index (κ3) is 5.19. The zero-order chi connectivity index (χ0) is 29.7. The number of carboxylic acids is 1. The van der Waals surface area contributed by atoms with Crippen molar-refractivity contribution in [3.63, 3.8) is 0 Å². The van der Waals surface area contributed by atoms with Crippen LogP contribution in [0.25, 0.3) is 17.1 Å². The van der Waals surface area contributed by atoms with Gasteiger partial charge in [0.05, 0.1) is 23.6 Å². The number of carbonyl (C=O) groups is 2. The number of carboxylic acid groups (broad SMARTS) is 1. The average molecular weight is 576 g/mol. The molecule has 3 heterocycles. The van der Waals surface area contributed by atoms with Gasteiger partial charge in [-0.15, -0.1) is 0 Å². The number of aromatic carboxylic acids is 1. The molecule has 8 nitrogen and oxygen atoms in total. The zero-order valence-electron chi connectivity index (χ0n) is 24.7. The van der Waals surface area contributed by atoms with Crippen LogP contribution >= 0.6 is 0 Å². The Bertz CT molecular complexity index is 1710. The molecule has 1 amide bonds. The van der Waals surface area contributed by atoms with Gasteiger partial charge in [0.25, 0.3) is 0 Å².